The molecule has 0 amide bonds. The SMILES string of the molecule is C1=C(c2ccco2)CC[NH+](C2CC2)C1. The van der Waals surface area contributed by atoms with Crippen LogP contribution >= 0.6 is 0 Å². The van der Waals surface area contributed by atoms with Gasteiger partial charge in [-0.05, 0) is 18.2 Å². The fourth-order valence-corrected chi connectivity index (χ4v) is 2.30. The zero-order valence-electron chi connectivity index (χ0n) is 8.33. The lowest BCUT2D eigenvalue weighted by atomic mass is 10.1. The van der Waals surface area contributed by atoms with Gasteiger partial charge in [0.25, 0.3) is 0 Å². The summed E-state index contributed by atoms with van der Waals surface area (Å²) < 4.78 is 5.41. The third-order valence-electron chi connectivity index (χ3n) is 3.32. The smallest absolute Gasteiger partial charge is 0.129 e. The monoisotopic (exact) mass is 190 g/mol. The maximum Gasteiger partial charge on any atom is 0.129 e. The molecule has 1 aliphatic heterocycles. The van der Waals surface area contributed by atoms with E-state index < -0.39 is 0 Å². The van der Waals surface area contributed by atoms with Crippen molar-refractivity contribution < 1.29 is 9.32 Å². The molecule has 74 valence electrons. The fraction of sp³-hybridized carbons (Fsp3) is 0.500. The lowest BCUT2D eigenvalue weighted by Gasteiger charge is -2.22. The molecule has 1 fully saturated rings. The Morgan fingerprint density at radius 1 is 1.36 bits per heavy atom. The molecule has 2 heteroatoms. The molecule has 1 N–H and O–H groups in total. The third kappa shape index (κ3) is 1.50. The topological polar surface area (TPSA) is 17.6 Å². The number of hydrogen-bond acceptors (Lipinski definition) is 1. The van der Waals surface area contributed by atoms with Crippen molar-refractivity contribution >= 4 is 5.57 Å². The second-order valence-corrected chi connectivity index (χ2v) is 4.34. The zero-order chi connectivity index (χ0) is 9.38. The Morgan fingerprint density at radius 3 is 2.86 bits per heavy atom. The molecule has 0 spiro atoms. The normalized spacial score (nSPS) is 27.4. The largest absolute Gasteiger partial charge is 0.465 e. The Bertz CT molecular complexity index is 335. The van der Waals surface area contributed by atoms with E-state index in [4.69, 9.17) is 4.42 Å². The first-order chi connectivity index (χ1) is 6.93. The first kappa shape index (κ1) is 8.30. The Labute approximate surface area is 84.2 Å². The highest BCUT2D eigenvalue weighted by Gasteiger charge is 2.34. The first-order valence-corrected chi connectivity index (χ1v) is 5.51. The second kappa shape index (κ2) is 3.28. The van der Waals surface area contributed by atoms with E-state index in [-0.39, 0.29) is 0 Å². The Kier molecular flexibility index (Phi) is 1.95. The fourth-order valence-electron chi connectivity index (χ4n) is 2.30. The van der Waals surface area contributed by atoms with Crippen molar-refractivity contribution in [3.8, 4) is 0 Å². The molecule has 3 rings (SSSR count). The predicted octanol–water partition coefficient (Wildman–Crippen LogP) is 1.11. The van der Waals surface area contributed by atoms with Gasteiger partial charge in [-0.2, -0.15) is 0 Å². The van der Waals surface area contributed by atoms with E-state index in [2.05, 4.69) is 12.1 Å². The van der Waals surface area contributed by atoms with E-state index >= 15 is 0 Å². The number of nitrogens with one attached hydrogen (secondary N) is 1. The Balaban J connectivity index is 1.72. The quantitative estimate of drug-likeness (QED) is 0.739. The standard InChI is InChI=1S/C12H15NO/c1-2-12(14-9-1)10-5-7-13(8-6-10)11-3-4-11/h1-2,5,9,11H,3-4,6-8H2/p+1. The van der Waals surface area contributed by atoms with E-state index in [1.807, 2.05) is 6.07 Å². The van der Waals surface area contributed by atoms with Gasteiger partial charge in [0.2, 0.25) is 0 Å². The second-order valence-electron chi connectivity index (χ2n) is 4.34. The van der Waals surface area contributed by atoms with Gasteiger partial charge in [0.1, 0.15) is 5.76 Å². The molecule has 0 radical (unpaired) electrons. The van der Waals surface area contributed by atoms with Crippen molar-refractivity contribution in [1.82, 2.24) is 0 Å². The molecule has 1 aliphatic carbocycles. The van der Waals surface area contributed by atoms with Crippen LogP contribution in [0.15, 0.2) is 28.9 Å². The van der Waals surface area contributed by atoms with Crippen LogP contribution in [0, 0.1) is 0 Å². The average Bonchev–Trinajstić information content (AvgIpc) is 2.94. The minimum Gasteiger partial charge on any atom is -0.465 e. The van der Waals surface area contributed by atoms with Crippen molar-refractivity contribution in [3.63, 3.8) is 0 Å². The van der Waals surface area contributed by atoms with Gasteiger partial charge in [-0.3, -0.25) is 0 Å². The van der Waals surface area contributed by atoms with Crippen LogP contribution in [-0.2, 0) is 0 Å². The molecule has 1 unspecified atom stereocenters. The molecule has 0 aromatic carbocycles. The van der Waals surface area contributed by atoms with Gasteiger partial charge >= 0.3 is 0 Å². The summed E-state index contributed by atoms with van der Waals surface area (Å²) in [6.45, 7) is 2.48. The lowest BCUT2D eigenvalue weighted by Crippen LogP contribution is -3.13. The van der Waals surface area contributed by atoms with Crippen molar-refractivity contribution in [2.75, 3.05) is 13.1 Å². The molecule has 0 saturated heterocycles. The number of hydrogen-bond donors (Lipinski definition) is 1. The third-order valence-corrected chi connectivity index (χ3v) is 3.32. The van der Waals surface area contributed by atoms with Crippen LogP contribution in [0.5, 0.6) is 0 Å². The summed E-state index contributed by atoms with van der Waals surface area (Å²) in [5.74, 6) is 1.07. The van der Waals surface area contributed by atoms with Gasteiger partial charge in [0.05, 0.1) is 25.4 Å². The van der Waals surface area contributed by atoms with Gasteiger partial charge < -0.3 is 9.32 Å². The van der Waals surface area contributed by atoms with Gasteiger partial charge in [-0.1, -0.05) is 0 Å². The van der Waals surface area contributed by atoms with Crippen LogP contribution in [0.2, 0.25) is 0 Å². The highest BCUT2D eigenvalue weighted by atomic mass is 16.3. The molecule has 1 aromatic heterocycles. The van der Waals surface area contributed by atoms with E-state index in [0.29, 0.717) is 0 Å². The maximum atomic E-state index is 5.41. The zero-order valence-corrected chi connectivity index (χ0v) is 8.33. The van der Waals surface area contributed by atoms with Crippen LogP contribution in [0.4, 0.5) is 0 Å². The van der Waals surface area contributed by atoms with Crippen LogP contribution in [0.1, 0.15) is 25.0 Å². The molecule has 2 aliphatic rings. The Hall–Kier alpha value is -1.02. The number of furan rings is 1. The summed E-state index contributed by atoms with van der Waals surface area (Å²) in [4.78, 5) is 1.78. The average molecular weight is 190 g/mol. The minimum absolute atomic E-state index is 0.976. The summed E-state index contributed by atoms with van der Waals surface area (Å²) in [6, 6.07) is 5.01. The maximum absolute atomic E-state index is 5.41. The lowest BCUT2D eigenvalue weighted by molar-refractivity contribution is -0.906. The van der Waals surface area contributed by atoms with E-state index in [1.165, 1.54) is 37.9 Å². The van der Waals surface area contributed by atoms with Gasteiger partial charge in [-0.25, -0.2) is 0 Å². The van der Waals surface area contributed by atoms with Gasteiger partial charge in [0.15, 0.2) is 0 Å². The number of quaternary nitrogens is 1. The number of rotatable bonds is 2. The van der Waals surface area contributed by atoms with Crippen LogP contribution < -0.4 is 4.90 Å². The predicted molar refractivity (Wildman–Crippen MR) is 55.0 cm³/mol. The van der Waals surface area contributed by atoms with Crippen LogP contribution in [-0.4, -0.2) is 19.1 Å². The van der Waals surface area contributed by atoms with Crippen LogP contribution in [0.25, 0.3) is 5.57 Å². The molecule has 1 saturated carbocycles. The minimum atomic E-state index is 0.976. The van der Waals surface area contributed by atoms with Crippen molar-refractivity contribution in [3.05, 3.63) is 30.2 Å². The highest BCUT2D eigenvalue weighted by Crippen LogP contribution is 2.21. The molecule has 2 nitrogen and oxygen atoms in total. The van der Waals surface area contributed by atoms with Crippen molar-refractivity contribution in [1.29, 1.82) is 0 Å². The van der Waals surface area contributed by atoms with E-state index in [0.717, 1.165) is 11.8 Å². The summed E-state index contributed by atoms with van der Waals surface area (Å²) in [6.07, 6.45) is 8.18. The first-order valence-electron chi connectivity index (χ1n) is 5.51. The summed E-state index contributed by atoms with van der Waals surface area (Å²) in [7, 11) is 0. The summed E-state index contributed by atoms with van der Waals surface area (Å²) in [5.41, 5.74) is 1.40. The van der Waals surface area contributed by atoms with Crippen LogP contribution in [0.3, 0.4) is 0 Å². The molecular formula is C12H16NO+. The van der Waals surface area contributed by atoms with Crippen molar-refractivity contribution in [2.45, 2.75) is 25.3 Å². The Morgan fingerprint density at radius 2 is 2.29 bits per heavy atom. The molecule has 0 bridgehead atoms. The molecular weight excluding hydrogens is 174 g/mol. The molecule has 14 heavy (non-hydrogen) atoms. The molecule has 1 atom stereocenters. The summed E-state index contributed by atoms with van der Waals surface area (Å²) in [5, 5.41) is 0. The molecule has 1 aromatic rings. The molecule has 2 heterocycles. The highest BCUT2D eigenvalue weighted by molar-refractivity contribution is 5.61. The van der Waals surface area contributed by atoms with E-state index in [9.17, 15) is 0 Å². The van der Waals surface area contributed by atoms with Gasteiger partial charge in [-0.15, -0.1) is 0 Å². The van der Waals surface area contributed by atoms with E-state index in [1.54, 1.807) is 11.2 Å². The summed E-state index contributed by atoms with van der Waals surface area (Å²) >= 11 is 0. The van der Waals surface area contributed by atoms with Gasteiger partial charge in [0, 0.05) is 24.8 Å². The van der Waals surface area contributed by atoms with Crippen molar-refractivity contribution in [2.24, 2.45) is 0 Å².